The summed E-state index contributed by atoms with van der Waals surface area (Å²) in [4.78, 5) is 16.8. The first-order valence-electron chi connectivity index (χ1n) is 10.2. The van der Waals surface area contributed by atoms with Gasteiger partial charge in [0, 0.05) is 17.5 Å². The minimum atomic E-state index is -1.59. The highest BCUT2D eigenvalue weighted by atomic mass is 32.1. The van der Waals surface area contributed by atoms with Gasteiger partial charge in [0.1, 0.15) is 22.3 Å². The molecule has 176 valence electrons. The lowest BCUT2D eigenvalue weighted by Gasteiger charge is -2.18. The zero-order chi connectivity index (χ0) is 24.6. The fourth-order valence-corrected chi connectivity index (χ4v) is 4.40. The number of nitrogens with two attached hydrogens (primary N) is 1. The molecule has 1 aromatic carbocycles. The number of nitrogens with zero attached hydrogens (tertiary/aromatic N) is 4. The SMILES string of the molecule is Cn1cc(C(F)c2cccc(Nc3sc(-c4ccc(C(C)(C)O)cc4F)cc3C(N)=O)n2)nn1. The van der Waals surface area contributed by atoms with Gasteiger partial charge in [0.25, 0.3) is 5.91 Å². The molecule has 0 saturated carbocycles. The van der Waals surface area contributed by atoms with Gasteiger partial charge in [-0.05, 0) is 43.7 Å². The van der Waals surface area contributed by atoms with Gasteiger partial charge >= 0.3 is 0 Å². The number of anilines is 2. The molecule has 4 aromatic rings. The molecule has 3 heterocycles. The molecule has 0 aliphatic heterocycles. The number of alkyl halides is 1. The molecule has 1 amide bonds. The Morgan fingerprint density at radius 3 is 2.62 bits per heavy atom. The molecular formula is C23H22F2N6O2S. The number of nitrogens with one attached hydrogen (secondary N) is 1. The summed E-state index contributed by atoms with van der Waals surface area (Å²) in [5.74, 6) is -0.983. The van der Waals surface area contributed by atoms with E-state index >= 15 is 0 Å². The van der Waals surface area contributed by atoms with Gasteiger partial charge in [-0.25, -0.2) is 13.8 Å². The third kappa shape index (κ3) is 4.80. The number of aryl methyl sites for hydroxylation is 1. The summed E-state index contributed by atoms with van der Waals surface area (Å²) in [6.45, 7) is 3.13. The fourth-order valence-electron chi connectivity index (χ4n) is 3.31. The Bertz CT molecular complexity index is 1360. The molecule has 0 spiro atoms. The molecule has 0 aliphatic carbocycles. The van der Waals surface area contributed by atoms with E-state index in [1.54, 1.807) is 39.1 Å². The number of amides is 1. The molecule has 8 nitrogen and oxygen atoms in total. The molecule has 1 atom stereocenters. The number of rotatable bonds is 7. The molecule has 0 radical (unpaired) electrons. The average molecular weight is 485 g/mol. The van der Waals surface area contributed by atoms with E-state index in [1.165, 1.54) is 35.1 Å². The summed E-state index contributed by atoms with van der Waals surface area (Å²) in [5, 5.41) is 21.0. The molecule has 4 rings (SSSR count). The second kappa shape index (κ2) is 8.92. The number of thiophene rings is 1. The monoisotopic (exact) mass is 484 g/mol. The molecule has 3 aromatic heterocycles. The largest absolute Gasteiger partial charge is 0.386 e. The van der Waals surface area contributed by atoms with Gasteiger partial charge in [0.05, 0.1) is 23.1 Å². The predicted octanol–water partition coefficient (Wildman–Crippen LogP) is 4.21. The topological polar surface area (TPSA) is 119 Å². The van der Waals surface area contributed by atoms with Gasteiger partial charge in [0.2, 0.25) is 0 Å². The van der Waals surface area contributed by atoms with Crippen molar-refractivity contribution >= 4 is 28.1 Å². The van der Waals surface area contributed by atoms with Crippen LogP contribution < -0.4 is 11.1 Å². The first kappa shape index (κ1) is 23.5. The number of hydrogen-bond donors (Lipinski definition) is 3. The maximum absolute atomic E-state index is 14.9. The summed E-state index contributed by atoms with van der Waals surface area (Å²) < 4.78 is 31.1. The number of pyridine rings is 1. The van der Waals surface area contributed by atoms with Crippen molar-refractivity contribution in [3.63, 3.8) is 0 Å². The summed E-state index contributed by atoms with van der Waals surface area (Å²) in [6.07, 6.45) is -0.130. The summed E-state index contributed by atoms with van der Waals surface area (Å²) in [6, 6.07) is 10.6. The van der Waals surface area contributed by atoms with Crippen LogP contribution in [0.5, 0.6) is 0 Å². The highest BCUT2D eigenvalue weighted by Gasteiger charge is 2.22. The number of aliphatic hydroxyl groups is 1. The van der Waals surface area contributed by atoms with Gasteiger partial charge in [-0.2, -0.15) is 0 Å². The maximum atomic E-state index is 14.9. The van der Waals surface area contributed by atoms with E-state index < -0.39 is 23.5 Å². The number of halogens is 2. The van der Waals surface area contributed by atoms with Crippen molar-refractivity contribution in [1.29, 1.82) is 0 Å². The lowest BCUT2D eigenvalue weighted by Crippen LogP contribution is -2.15. The molecular weight excluding hydrogens is 462 g/mol. The van der Waals surface area contributed by atoms with Crippen LogP contribution in [-0.4, -0.2) is 31.0 Å². The number of primary amides is 1. The van der Waals surface area contributed by atoms with Gasteiger partial charge in [-0.3, -0.25) is 9.48 Å². The van der Waals surface area contributed by atoms with Crippen LogP contribution in [0.4, 0.5) is 19.6 Å². The summed E-state index contributed by atoms with van der Waals surface area (Å²) in [5.41, 5.74) is 5.38. The van der Waals surface area contributed by atoms with Crippen LogP contribution in [0.25, 0.3) is 10.4 Å². The fraction of sp³-hybridized carbons (Fsp3) is 0.217. The van der Waals surface area contributed by atoms with Crippen molar-refractivity contribution in [1.82, 2.24) is 20.0 Å². The zero-order valence-corrected chi connectivity index (χ0v) is 19.4. The van der Waals surface area contributed by atoms with Gasteiger partial charge in [-0.15, -0.1) is 16.4 Å². The van der Waals surface area contributed by atoms with Crippen LogP contribution in [0.3, 0.4) is 0 Å². The molecule has 4 N–H and O–H groups in total. The summed E-state index contributed by atoms with van der Waals surface area (Å²) in [7, 11) is 1.63. The van der Waals surface area contributed by atoms with Crippen molar-refractivity contribution in [2.24, 2.45) is 12.8 Å². The number of carbonyl (C=O) groups excluding carboxylic acids is 1. The Kier molecular flexibility index (Phi) is 6.15. The molecule has 0 fully saturated rings. The summed E-state index contributed by atoms with van der Waals surface area (Å²) >= 11 is 1.10. The van der Waals surface area contributed by atoms with E-state index in [9.17, 15) is 18.7 Å². The Balaban J connectivity index is 1.66. The van der Waals surface area contributed by atoms with Crippen molar-refractivity contribution in [3.05, 3.63) is 77.0 Å². The normalized spacial score (nSPS) is 12.5. The molecule has 0 bridgehead atoms. The van der Waals surface area contributed by atoms with E-state index in [0.717, 1.165) is 11.3 Å². The van der Waals surface area contributed by atoms with Gasteiger partial charge < -0.3 is 16.2 Å². The van der Waals surface area contributed by atoms with E-state index in [4.69, 9.17) is 5.73 Å². The smallest absolute Gasteiger partial charge is 0.251 e. The second-order valence-corrected chi connectivity index (χ2v) is 9.28. The minimum Gasteiger partial charge on any atom is -0.386 e. The van der Waals surface area contributed by atoms with E-state index in [1.807, 2.05) is 0 Å². The highest BCUT2D eigenvalue weighted by Crippen LogP contribution is 2.39. The molecule has 11 heteroatoms. The lowest BCUT2D eigenvalue weighted by molar-refractivity contribution is 0.0782. The number of aromatic nitrogens is 4. The van der Waals surface area contributed by atoms with Crippen LogP contribution >= 0.6 is 11.3 Å². The first-order valence-corrected chi connectivity index (χ1v) is 11.1. The number of hydrogen-bond acceptors (Lipinski definition) is 7. The van der Waals surface area contributed by atoms with Crippen molar-refractivity contribution in [2.75, 3.05) is 5.32 Å². The lowest BCUT2D eigenvalue weighted by atomic mass is 9.96. The standard InChI is InChI=1S/C23H22F2N6O2S/c1-23(2,33)12-7-8-13(15(24)9-12)18-10-14(21(26)32)22(34-18)28-19-6-4-5-16(27-19)20(25)17-11-31(3)30-29-17/h4-11,20,33H,1-3H3,(H2,26,32)(H,27,28). The Morgan fingerprint density at radius 2 is 2.00 bits per heavy atom. The molecule has 1 unspecified atom stereocenters. The van der Waals surface area contributed by atoms with Crippen LogP contribution in [0, 0.1) is 5.82 Å². The second-order valence-electron chi connectivity index (χ2n) is 8.22. The van der Waals surface area contributed by atoms with Crippen LogP contribution in [-0.2, 0) is 12.6 Å². The van der Waals surface area contributed by atoms with Crippen LogP contribution in [0.15, 0.2) is 48.7 Å². The van der Waals surface area contributed by atoms with E-state index in [2.05, 4.69) is 20.6 Å². The predicted molar refractivity (Wildman–Crippen MR) is 125 cm³/mol. The van der Waals surface area contributed by atoms with E-state index in [-0.39, 0.29) is 28.3 Å². The average Bonchev–Trinajstić information content (AvgIpc) is 3.39. The van der Waals surface area contributed by atoms with Crippen molar-refractivity contribution in [2.45, 2.75) is 25.6 Å². The highest BCUT2D eigenvalue weighted by molar-refractivity contribution is 7.19. The van der Waals surface area contributed by atoms with Gasteiger partial charge in [-0.1, -0.05) is 23.4 Å². The quantitative estimate of drug-likeness (QED) is 0.362. The first-order chi connectivity index (χ1) is 16.0. The third-order valence-electron chi connectivity index (χ3n) is 5.09. The molecule has 34 heavy (non-hydrogen) atoms. The molecule has 0 aliphatic rings. The van der Waals surface area contributed by atoms with Crippen molar-refractivity contribution in [3.8, 4) is 10.4 Å². The Hall–Kier alpha value is -3.70. The third-order valence-corrected chi connectivity index (χ3v) is 6.17. The minimum absolute atomic E-state index is 0.108. The Labute approximate surface area is 198 Å². The van der Waals surface area contributed by atoms with E-state index in [0.29, 0.717) is 15.4 Å². The van der Waals surface area contributed by atoms with Gasteiger partial charge in [0.15, 0.2) is 6.17 Å². The van der Waals surface area contributed by atoms with Crippen LogP contribution in [0.1, 0.15) is 47.3 Å². The number of benzene rings is 1. The Morgan fingerprint density at radius 1 is 1.24 bits per heavy atom. The van der Waals surface area contributed by atoms with Crippen molar-refractivity contribution < 1.29 is 18.7 Å². The molecule has 0 saturated heterocycles. The number of carbonyl (C=O) groups is 1. The maximum Gasteiger partial charge on any atom is 0.251 e. The van der Waals surface area contributed by atoms with Crippen LogP contribution in [0.2, 0.25) is 0 Å². The zero-order valence-electron chi connectivity index (χ0n) is 18.6.